The molecule has 1 N–H and O–H groups in total. The fraction of sp³-hybridized carbons (Fsp3) is 0.250. The van der Waals surface area contributed by atoms with Gasteiger partial charge in [-0.25, -0.2) is 0 Å². The average molecular weight is 241 g/mol. The van der Waals surface area contributed by atoms with E-state index in [2.05, 4.69) is 6.07 Å². The number of aliphatic hydroxyl groups excluding tert-OH is 1. The second-order valence-corrected chi connectivity index (χ2v) is 4.08. The molecule has 0 saturated carbocycles. The van der Waals surface area contributed by atoms with E-state index in [9.17, 15) is 5.11 Å². The molecule has 0 aliphatic rings. The Hall–Kier alpha value is -0.0213. The van der Waals surface area contributed by atoms with Gasteiger partial charge in [-0.2, -0.15) is 0 Å². The first-order chi connectivity index (χ1) is 4.72. The topological polar surface area (TPSA) is 20.2 Å². The SMILES string of the molecule is CC(O)c1cccc[c]1[SnH]. The van der Waals surface area contributed by atoms with Crippen LogP contribution in [0.15, 0.2) is 24.3 Å². The molecule has 2 radical (unpaired) electrons. The molecule has 1 nitrogen and oxygen atoms in total. The number of hydrogen-bond acceptors (Lipinski definition) is 1. The summed E-state index contributed by atoms with van der Waals surface area (Å²) < 4.78 is 1.28. The molecule has 1 unspecified atom stereocenters. The van der Waals surface area contributed by atoms with Gasteiger partial charge < -0.3 is 0 Å². The van der Waals surface area contributed by atoms with Crippen LogP contribution >= 0.6 is 0 Å². The molecule has 1 aromatic rings. The normalized spacial score (nSPS) is 13.1. The van der Waals surface area contributed by atoms with Crippen molar-refractivity contribution in [2.75, 3.05) is 0 Å². The zero-order valence-electron chi connectivity index (χ0n) is 5.91. The summed E-state index contributed by atoms with van der Waals surface area (Å²) in [5.74, 6) is 0. The Labute approximate surface area is 74.2 Å². The van der Waals surface area contributed by atoms with Crippen LogP contribution in [0.1, 0.15) is 18.6 Å². The summed E-state index contributed by atoms with van der Waals surface area (Å²) in [6.07, 6.45) is -0.314. The van der Waals surface area contributed by atoms with Crippen LogP contribution in [0.25, 0.3) is 0 Å². The van der Waals surface area contributed by atoms with Gasteiger partial charge in [-0.05, 0) is 0 Å². The maximum atomic E-state index is 9.23. The van der Waals surface area contributed by atoms with Crippen molar-refractivity contribution in [3.05, 3.63) is 29.8 Å². The van der Waals surface area contributed by atoms with E-state index in [1.165, 1.54) is 3.58 Å². The van der Waals surface area contributed by atoms with Gasteiger partial charge in [0.25, 0.3) is 0 Å². The van der Waals surface area contributed by atoms with E-state index in [1.54, 1.807) is 6.92 Å². The Balaban J connectivity index is 3.03. The maximum absolute atomic E-state index is 9.23. The van der Waals surface area contributed by atoms with Gasteiger partial charge in [0.2, 0.25) is 0 Å². The minimum atomic E-state index is -0.314. The van der Waals surface area contributed by atoms with Crippen LogP contribution in [-0.4, -0.2) is 27.6 Å². The Morgan fingerprint density at radius 1 is 1.40 bits per heavy atom. The molecule has 0 amide bonds. The summed E-state index contributed by atoms with van der Waals surface area (Å²) in [6.45, 7) is 1.80. The summed E-state index contributed by atoms with van der Waals surface area (Å²) in [7, 11) is 0. The molecule has 0 heterocycles. The van der Waals surface area contributed by atoms with Gasteiger partial charge in [0.1, 0.15) is 0 Å². The van der Waals surface area contributed by atoms with Crippen molar-refractivity contribution < 1.29 is 5.11 Å². The van der Waals surface area contributed by atoms with Crippen LogP contribution in [0.3, 0.4) is 0 Å². The molecule has 0 saturated heterocycles. The second-order valence-electron chi connectivity index (χ2n) is 2.30. The first-order valence-electron chi connectivity index (χ1n) is 3.24. The van der Waals surface area contributed by atoms with Gasteiger partial charge in [-0.3, -0.25) is 0 Å². The third-order valence-corrected chi connectivity index (χ3v) is 2.95. The first-order valence-corrected chi connectivity index (χ1v) is 4.89. The summed E-state index contributed by atoms with van der Waals surface area (Å²) in [4.78, 5) is 0. The molecule has 0 aliphatic heterocycles. The van der Waals surface area contributed by atoms with E-state index in [4.69, 9.17) is 0 Å². The van der Waals surface area contributed by atoms with E-state index in [0.29, 0.717) is 0 Å². The van der Waals surface area contributed by atoms with Crippen LogP contribution in [0.5, 0.6) is 0 Å². The van der Waals surface area contributed by atoms with Crippen LogP contribution in [0.4, 0.5) is 0 Å². The van der Waals surface area contributed by atoms with Crippen molar-refractivity contribution in [2.45, 2.75) is 13.0 Å². The molecular formula is C8H10OSn. The number of aliphatic hydroxyl groups is 1. The molecule has 1 aromatic carbocycles. The van der Waals surface area contributed by atoms with Gasteiger partial charge >= 0.3 is 74.1 Å². The third kappa shape index (κ3) is 1.73. The predicted octanol–water partition coefficient (Wildman–Crippen LogP) is 0.266. The van der Waals surface area contributed by atoms with Crippen molar-refractivity contribution in [2.24, 2.45) is 0 Å². The van der Waals surface area contributed by atoms with Gasteiger partial charge in [0, 0.05) is 0 Å². The molecule has 0 aromatic heterocycles. The van der Waals surface area contributed by atoms with Gasteiger partial charge in [-0.15, -0.1) is 0 Å². The zero-order valence-corrected chi connectivity index (χ0v) is 9.21. The summed E-state index contributed by atoms with van der Waals surface area (Å²) >= 11 is 1.08. The van der Waals surface area contributed by atoms with E-state index >= 15 is 0 Å². The Kier molecular flexibility index (Phi) is 2.74. The van der Waals surface area contributed by atoms with Crippen molar-refractivity contribution >= 4 is 26.1 Å². The van der Waals surface area contributed by atoms with Gasteiger partial charge in [-0.1, -0.05) is 0 Å². The Morgan fingerprint density at radius 2 is 2.00 bits per heavy atom. The van der Waals surface area contributed by atoms with Crippen molar-refractivity contribution in [3.8, 4) is 0 Å². The predicted molar refractivity (Wildman–Crippen MR) is 43.9 cm³/mol. The van der Waals surface area contributed by atoms with Gasteiger partial charge in [0.05, 0.1) is 0 Å². The van der Waals surface area contributed by atoms with E-state index in [0.717, 1.165) is 28.1 Å². The summed E-state index contributed by atoms with van der Waals surface area (Å²) in [6, 6.07) is 8.00. The minimum absolute atomic E-state index is 0.314. The van der Waals surface area contributed by atoms with E-state index < -0.39 is 0 Å². The molecule has 0 spiro atoms. The standard InChI is InChI=1S/C8H9O.Sn.H/c1-7(9)8-5-3-2-4-6-8;;/h2-5,7,9H,1H3;;. The van der Waals surface area contributed by atoms with Crippen LogP contribution in [-0.2, 0) is 0 Å². The Morgan fingerprint density at radius 3 is 2.40 bits per heavy atom. The fourth-order valence-electron chi connectivity index (χ4n) is 0.891. The molecule has 0 aliphatic carbocycles. The molecule has 1 rings (SSSR count). The van der Waals surface area contributed by atoms with E-state index in [1.807, 2.05) is 18.2 Å². The monoisotopic (exact) mass is 242 g/mol. The molecule has 10 heavy (non-hydrogen) atoms. The second kappa shape index (κ2) is 3.39. The first kappa shape index (κ1) is 8.08. The molecule has 0 fully saturated rings. The van der Waals surface area contributed by atoms with Crippen LogP contribution in [0, 0.1) is 0 Å². The van der Waals surface area contributed by atoms with Crippen molar-refractivity contribution in [3.63, 3.8) is 0 Å². The molecular weight excluding hydrogens is 231 g/mol. The Bertz CT molecular complexity index is 220. The van der Waals surface area contributed by atoms with Crippen LogP contribution < -0.4 is 3.58 Å². The van der Waals surface area contributed by atoms with Gasteiger partial charge in [0.15, 0.2) is 0 Å². The number of benzene rings is 1. The number of rotatable bonds is 1. The average Bonchev–Trinajstić information content (AvgIpc) is 1.88. The molecule has 2 heteroatoms. The summed E-state index contributed by atoms with van der Waals surface area (Å²) in [5, 5.41) is 9.23. The quantitative estimate of drug-likeness (QED) is 0.699. The fourth-order valence-corrected chi connectivity index (χ4v) is 2.17. The summed E-state index contributed by atoms with van der Waals surface area (Å²) in [5.41, 5.74) is 1.07. The zero-order chi connectivity index (χ0) is 7.56. The molecule has 1 atom stereocenters. The number of hydrogen-bond donors (Lipinski definition) is 1. The van der Waals surface area contributed by atoms with Crippen molar-refractivity contribution in [1.82, 2.24) is 0 Å². The molecule has 52 valence electrons. The molecule has 0 bridgehead atoms. The van der Waals surface area contributed by atoms with Crippen molar-refractivity contribution in [1.29, 1.82) is 0 Å². The van der Waals surface area contributed by atoms with E-state index in [-0.39, 0.29) is 6.10 Å². The van der Waals surface area contributed by atoms with Crippen LogP contribution in [0.2, 0.25) is 0 Å². The third-order valence-electron chi connectivity index (χ3n) is 1.45.